The van der Waals surface area contributed by atoms with Crippen molar-refractivity contribution in [3.05, 3.63) is 0 Å². The number of hydrogen-bond donors (Lipinski definition) is 2. The minimum Gasteiger partial charge on any atom is -0.481 e. The lowest BCUT2D eigenvalue weighted by Gasteiger charge is -2.40. The van der Waals surface area contributed by atoms with Gasteiger partial charge in [-0.3, -0.25) is 14.4 Å². The Morgan fingerprint density at radius 1 is 1.10 bits per heavy atom. The van der Waals surface area contributed by atoms with Crippen molar-refractivity contribution in [3.8, 4) is 0 Å². The summed E-state index contributed by atoms with van der Waals surface area (Å²) in [4.78, 5) is 37.8. The van der Waals surface area contributed by atoms with Crippen molar-refractivity contribution in [2.75, 3.05) is 13.1 Å². The molecule has 2 heterocycles. The summed E-state index contributed by atoms with van der Waals surface area (Å²) in [5.41, 5.74) is 0. The first-order valence-corrected chi connectivity index (χ1v) is 7.90. The Morgan fingerprint density at radius 3 is 2.52 bits per heavy atom. The fraction of sp³-hybridized carbons (Fsp3) is 0.800. The molecule has 4 unspecified atom stereocenters. The summed E-state index contributed by atoms with van der Waals surface area (Å²) in [6.07, 6.45) is 4.69. The molecule has 3 fully saturated rings. The number of nitrogens with one attached hydrogen (secondary N) is 1. The molecule has 0 aromatic rings. The summed E-state index contributed by atoms with van der Waals surface area (Å²) in [5.74, 6) is -1.94. The molecule has 4 atom stereocenters. The van der Waals surface area contributed by atoms with Gasteiger partial charge in [0.2, 0.25) is 11.8 Å². The van der Waals surface area contributed by atoms with E-state index in [1.54, 1.807) is 4.90 Å². The molecule has 2 amide bonds. The van der Waals surface area contributed by atoms with Crippen LogP contribution in [-0.2, 0) is 14.4 Å². The molecule has 6 nitrogen and oxygen atoms in total. The summed E-state index contributed by atoms with van der Waals surface area (Å²) < 4.78 is 0. The van der Waals surface area contributed by atoms with Crippen molar-refractivity contribution in [1.29, 1.82) is 0 Å². The fourth-order valence-electron chi connectivity index (χ4n) is 4.16. The van der Waals surface area contributed by atoms with Crippen LogP contribution < -0.4 is 5.32 Å². The van der Waals surface area contributed by atoms with E-state index in [1.807, 2.05) is 0 Å². The van der Waals surface area contributed by atoms with Crippen LogP contribution in [0.2, 0.25) is 0 Å². The van der Waals surface area contributed by atoms with Gasteiger partial charge in [-0.15, -0.1) is 0 Å². The highest BCUT2D eigenvalue weighted by Gasteiger charge is 2.46. The van der Waals surface area contributed by atoms with E-state index < -0.39 is 17.8 Å². The number of carbonyl (C=O) groups is 3. The molecule has 3 aliphatic rings. The van der Waals surface area contributed by atoms with E-state index in [2.05, 4.69) is 5.32 Å². The Kier molecular flexibility index (Phi) is 3.87. The third kappa shape index (κ3) is 2.51. The summed E-state index contributed by atoms with van der Waals surface area (Å²) in [6, 6.07) is -0.0740. The van der Waals surface area contributed by atoms with E-state index in [9.17, 15) is 19.5 Å². The van der Waals surface area contributed by atoms with Gasteiger partial charge in [0.1, 0.15) is 0 Å². The zero-order chi connectivity index (χ0) is 15.0. The third-order valence-corrected chi connectivity index (χ3v) is 5.28. The van der Waals surface area contributed by atoms with Crippen molar-refractivity contribution >= 4 is 17.8 Å². The maximum absolute atomic E-state index is 12.8. The molecule has 0 aromatic heterocycles. The van der Waals surface area contributed by atoms with Crippen LogP contribution in [-0.4, -0.2) is 46.9 Å². The van der Waals surface area contributed by atoms with Gasteiger partial charge < -0.3 is 15.3 Å². The van der Waals surface area contributed by atoms with E-state index in [1.165, 1.54) is 0 Å². The zero-order valence-electron chi connectivity index (χ0n) is 12.1. The van der Waals surface area contributed by atoms with Crippen LogP contribution >= 0.6 is 0 Å². The molecule has 116 valence electrons. The van der Waals surface area contributed by atoms with Gasteiger partial charge in [0, 0.05) is 13.1 Å². The van der Waals surface area contributed by atoms with Crippen LogP contribution in [0, 0.1) is 17.8 Å². The van der Waals surface area contributed by atoms with Gasteiger partial charge in [0.15, 0.2) is 0 Å². The molecule has 21 heavy (non-hydrogen) atoms. The average molecular weight is 294 g/mol. The Labute approximate surface area is 123 Å². The predicted octanol–water partition coefficient (Wildman–Crippen LogP) is 0.614. The molecule has 1 aliphatic carbocycles. The van der Waals surface area contributed by atoms with Crippen molar-refractivity contribution < 1.29 is 19.5 Å². The molecule has 0 bridgehead atoms. The monoisotopic (exact) mass is 294 g/mol. The highest BCUT2D eigenvalue weighted by atomic mass is 16.4. The molecule has 2 saturated heterocycles. The number of aliphatic carboxylic acids is 1. The van der Waals surface area contributed by atoms with E-state index in [0.717, 1.165) is 25.7 Å². The Bertz CT molecular complexity index is 465. The van der Waals surface area contributed by atoms with Crippen molar-refractivity contribution in [2.24, 2.45) is 17.8 Å². The van der Waals surface area contributed by atoms with E-state index in [4.69, 9.17) is 0 Å². The maximum Gasteiger partial charge on any atom is 0.307 e. The van der Waals surface area contributed by atoms with Crippen molar-refractivity contribution in [1.82, 2.24) is 10.2 Å². The molecule has 0 radical (unpaired) electrons. The number of carboxylic acids is 1. The van der Waals surface area contributed by atoms with Crippen LogP contribution in [0.25, 0.3) is 0 Å². The van der Waals surface area contributed by atoms with Crippen LogP contribution in [0.3, 0.4) is 0 Å². The summed E-state index contributed by atoms with van der Waals surface area (Å²) >= 11 is 0. The van der Waals surface area contributed by atoms with Crippen LogP contribution in [0.15, 0.2) is 0 Å². The van der Waals surface area contributed by atoms with Crippen molar-refractivity contribution in [3.63, 3.8) is 0 Å². The molecule has 6 heteroatoms. The fourth-order valence-corrected chi connectivity index (χ4v) is 4.16. The average Bonchev–Trinajstić information content (AvgIpc) is 2.88. The lowest BCUT2D eigenvalue weighted by Crippen LogP contribution is -2.52. The highest BCUT2D eigenvalue weighted by Crippen LogP contribution is 2.35. The number of piperidine rings is 1. The van der Waals surface area contributed by atoms with E-state index in [0.29, 0.717) is 25.9 Å². The lowest BCUT2D eigenvalue weighted by atomic mass is 9.77. The largest absolute Gasteiger partial charge is 0.481 e. The molecular formula is C15H22N2O4. The predicted molar refractivity (Wildman–Crippen MR) is 74.3 cm³/mol. The number of amides is 2. The van der Waals surface area contributed by atoms with Gasteiger partial charge in [-0.2, -0.15) is 0 Å². The quantitative estimate of drug-likeness (QED) is 0.781. The number of likely N-dealkylation sites (tertiary alicyclic amines) is 1. The highest BCUT2D eigenvalue weighted by molar-refractivity contribution is 5.88. The molecule has 2 aliphatic heterocycles. The Balaban J connectivity index is 1.77. The van der Waals surface area contributed by atoms with Gasteiger partial charge >= 0.3 is 5.97 Å². The Hall–Kier alpha value is -1.59. The number of nitrogens with zero attached hydrogens (tertiary/aromatic N) is 1. The first-order chi connectivity index (χ1) is 10.1. The third-order valence-electron chi connectivity index (χ3n) is 5.28. The maximum atomic E-state index is 12.8. The van der Waals surface area contributed by atoms with Gasteiger partial charge in [-0.25, -0.2) is 0 Å². The minimum atomic E-state index is -0.859. The van der Waals surface area contributed by atoms with Crippen LogP contribution in [0.1, 0.15) is 38.5 Å². The van der Waals surface area contributed by atoms with Gasteiger partial charge in [-0.05, 0) is 25.7 Å². The SMILES string of the molecule is O=C(O)C1CCCCC1C(=O)N1CCCC2C(=O)NCC21. The van der Waals surface area contributed by atoms with Gasteiger partial charge in [-0.1, -0.05) is 12.8 Å². The minimum absolute atomic E-state index is 0.0379. The summed E-state index contributed by atoms with van der Waals surface area (Å²) in [5, 5.41) is 12.2. The topological polar surface area (TPSA) is 86.7 Å². The molecular weight excluding hydrogens is 272 g/mol. The van der Waals surface area contributed by atoms with E-state index in [-0.39, 0.29) is 23.8 Å². The second kappa shape index (κ2) is 5.66. The van der Waals surface area contributed by atoms with Crippen molar-refractivity contribution in [2.45, 2.75) is 44.6 Å². The van der Waals surface area contributed by atoms with Gasteiger partial charge in [0.25, 0.3) is 0 Å². The second-order valence-corrected chi connectivity index (χ2v) is 6.43. The molecule has 3 rings (SSSR count). The number of carbonyl (C=O) groups excluding carboxylic acids is 2. The lowest BCUT2D eigenvalue weighted by molar-refractivity contribution is -0.154. The first kappa shape index (κ1) is 14.4. The summed E-state index contributed by atoms with van der Waals surface area (Å²) in [6.45, 7) is 1.16. The van der Waals surface area contributed by atoms with E-state index >= 15 is 0 Å². The number of fused-ring (bicyclic) bond motifs is 1. The second-order valence-electron chi connectivity index (χ2n) is 6.43. The summed E-state index contributed by atoms with van der Waals surface area (Å²) in [7, 11) is 0. The van der Waals surface area contributed by atoms with Crippen LogP contribution in [0.4, 0.5) is 0 Å². The normalized spacial score (nSPS) is 36.0. The smallest absolute Gasteiger partial charge is 0.307 e. The standard InChI is InChI=1S/C15H22N2O4/c18-13-11-6-3-7-17(12(11)8-16-13)14(19)9-4-1-2-5-10(9)15(20)21/h9-12H,1-8H2,(H,16,18)(H,20,21). The first-order valence-electron chi connectivity index (χ1n) is 7.90. The molecule has 0 spiro atoms. The zero-order valence-corrected chi connectivity index (χ0v) is 12.1. The molecule has 0 aromatic carbocycles. The van der Waals surface area contributed by atoms with Crippen LogP contribution in [0.5, 0.6) is 0 Å². The Morgan fingerprint density at radius 2 is 1.81 bits per heavy atom. The molecule has 1 saturated carbocycles. The number of hydrogen-bond acceptors (Lipinski definition) is 3. The number of rotatable bonds is 2. The van der Waals surface area contributed by atoms with Gasteiger partial charge in [0.05, 0.1) is 23.8 Å². The molecule has 2 N–H and O–H groups in total. The number of carboxylic acid groups (broad SMARTS) is 1.